The summed E-state index contributed by atoms with van der Waals surface area (Å²) in [6.45, 7) is 7.19. The van der Waals surface area contributed by atoms with E-state index in [1.54, 1.807) is 38.1 Å². The predicted molar refractivity (Wildman–Crippen MR) is 139 cm³/mol. The van der Waals surface area contributed by atoms with Crippen LogP contribution in [-0.4, -0.2) is 72.3 Å². The van der Waals surface area contributed by atoms with Gasteiger partial charge in [-0.15, -0.1) is 0 Å². The Morgan fingerprint density at radius 2 is 1.95 bits per heavy atom. The number of benzene rings is 1. The summed E-state index contributed by atoms with van der Waals surface area (Å²) in [7, 11) is -4.96. The van der Waals surface area contributed by atoms with Crippen molar-refractivity contribution in [3.63, 3.8) is 0 Å². The molecule has 1 aliphatic rings. The highest BCUT2D eigenvalue weighted by Gasteiger charge is 2.38. The third-order valence-corrected chi connectivity index (χ3v) is 6.91. The van der Waals surface area contributed by atoms with Gasteiger partial charge in [0.15, 0.2) is 0 Å². The molecule has 38 heavy (non-hydrogen) atoms. The number of halogens is 1. The van der Waals surface area contributed by atoms with Gasteiger partial charge >= 0.3 is 6.09 Å². The Bertz CT molecular complexity index is 1100. The maximum absolute atomic E-state index is 13.1. The average molecular weight is 578 g/mol. The zero-order valence-corrected chi connectivity index (χ0v) is 23.3. The van der Waals surface area contributed by atoms with Gasteiger partial charge in [0.05, 0.1) is 6.04 Å². The SMILES string of the molecule is CC(C)C[C@H](NC(=O)OCC(C)(C)Oc1cccc(Cl)c1)C(=O)N[C@@H](C[C@@H]1CCNC1=O)C(O)S(=O)(=O)O. The highest BCUT2D eigenvalue weighted by Crippen LogP contribution is 2.23. The van der Waals surface area contributed by atoms with Gasteiger partial charge < -0.3 is 30.5 Å². The maximum Gasteiger partial charge on any atom is 0.407 e. The highest BCUT2D eigenvalue weighted by molar-refractivity contribution is 7.86. The van der Waals surface area contributed by atoms with Crippen LogP contribution >= 0.6 is 11.6 Å². The van der Waals surface area contributed by atoms with Crippen LogP contribution in [0, 0.1) is 11.8 Å². The largest absolute Gasteiger partial charge is 0.484 e. The van der Waals surface area contributed by atoms with E-state index < -0.39 is 51.2 Å². The van der Waals surface area contributed by atoms with E-state index in [1.165, 1.54) is 0 Å². The van der Waals surface area contributed by atoms with Crippen molar-refractivity contribution in [2.24, 2.45) is 11.8 Å². The number of nitrogens with one attached hydrogen (secondary N) is 3. The quantitative estimate of drug-likeness (QED) is 0.219. The number of carbonyl (C=O) groups is 3. The van der Waals surface area contributed by atoms with Crippen molar-refractivity contribution in [3.05, 3.63) is 29.3 Å². The number of amides is 3. The first-order chi connectivity index (χ1) is 17.6. The molecule has 0 saturated carbocycles. The van der Waals surface area contributed by atoms with Crippen LogP contribution in [0.1, 0.15) is 47.0 Å². The number of aliphatic hydroxyl groups excluding tert-OH is 1. The summed E-state index contributed by atoms with van der Waals surface area (Å²) in [5.74, 6) is -1.42. The molecule has 5 N–H and O–H groups in total. The van der Waals surface area contributed by atoms with E-state index in [9.17, 15) is 32.5 Å². The number of carbonyl (C=O) groups excluding carboxylic acids is 3. The van der Waals surface area contributed by atoms with Crippen LogP contribution in [0.4, 0.5) is 4.79 Å². The van der Waals surface area contributed by atoms with Gasteiger partial charge in [0, 0.05) is 17.5 Å². The number of hydrogen-bond acceptors (Lipinski definition) is 8. The molecular weight excluding hydrogens is 542 g/mol. The van der Waals surface area contributed by atoms with Crippen LogP contribution in [0.2, 0.25) is 5.02 Å². The Kier molecular flexibility index (Phi) is 11.2. The van der Waals surface area contributed by atoms with Gasteiger partial charge in [0.2, 0.25) is 17.3 Å². The molecule has 1 aromatic rings. The minimum absolute atomic E-state index is 0.0702. The minimum atomic E-state index is -4.96. The first kappa shape index (κ1) is 31.6. The molecule has 0 spiro atoms. The van der Waals surface area contributed by atoms with Crippen molar-refractivity contribution in [2.75, 3.05) is 13.2 Å². The molecule has 1 aliphatic heterocycles. The molecule has 3 amide bonds. The lowest BCUT2D eigenvalue weighted by Gasteiger charge is -2.28. The second-order valence-corrected chi connectivity index (χ2v) is 12.2. The summed E-state index contributed by atoms with van der Waals surface area (Å²) in [4.78, 5) is 37.6. The van der Waals surface area contributed by atoms with E-state index in [2.05, 4.69) is 16.0 Å². The fourth-order valence-electron chi connectivity index (χ4n) is 3.92. The van der Waals surface area contributed by atoms with Crippen LogP contribution < -0.4 is 20.7 Å². The maximum atomic E-state index is 13.1. The van der Waals surface area contributed by atoms with Gasteiger partial charge in [-0.1, -0.05) is 31.5 Å². The van der Waals surface area contributed by atoms with Crippen LogP contribution in [-0.2, 0) is 24.4 Å². The lowest BCUT2D eigenvalue weighted by atomic mass is 9.97. The van der Waals surface area contributed by atoms with Crippen molar-refractivity contribution in [1.82, 2.24) is 16.0 Å². The second-order valence-electron chi connectivity index (χ2n) is 10.3. The van der Waals surface area contributed by atoms with Gasteiger partial charge in [-0.05, 0) is 57.2 Å². The third-order valence-electron chi connectivity index (χ3n) is 5.74. The molecule has 4 atom stereocenters. The third kappa shape index (κ3) is 10.3. The van der Waals surface area contributed by atoms with Crippen molar-refractivity contribution in [1.29, 1.82) is 0 Å². The number of aliphatic hydroxyl groups is 1. The summed E-state index contributed by atoms with van der Waals surface area (Å²) < 4.78 is 43.7. The zero-order chi connectivity index (χ0) is 28.7. The second kappa shape index (κ2) is 13.5. The minimum Gasteiger partial charge on any atom is -0.484 e. The van der Waals surface area contributed by atoms with E-state index in [1.807, 2.05) is 13.8 Å². The summed E-state index contributed by atoms with van der Waals surface area (Å²) in [5.41, 5.74) is -3.30. The molecule has 12 nitrogen and oxygen atoms in total. The lowest BCUT2D eigenvalue weighted by molar-refractivity contribution is -0.126. The molecule has 0 radical (unpaired) electrons. The standard InChI is InChI=1S/C24H36ClN3O9S/c1-14(2)10-18(28-23(32)36-13-24(3,4)37-17-7-5-6-16(25)12-17)21(30)27-19(22(31)38(33,34)35)11-15-8-9-26-20(15)29/h5-7,12,14-15,18-19,22,31H,8-11,13H2,1-4H3,(H,26,29)(H,27,30)(H,28,32)(H,33,34,35)/t15-,18-,19-,22?/m0/s1. The zero-order valence-electron chi connectivity index (χ0n) is 21.8. The first-order valence-corrected chi connectivity index (χ1v) is 14.1. The summed E-state index contributed by atoms with van der Waals surface area (Å²) in [6.07, 6.45) is -0.624. The number of alkyl carbamates (subject to hydrolysis) is 1. The van der Waals surface area contributed by atoms with Crippen molar-refractivity contribution in [2.45, 2.75) is 70.1 Å². The van der Waals surface area contributed by atoms with Crippen LogP contribution in [0.3, 0.4) is 0 Å². The van der Waals surface area contributed by atoms with E-state index in [4.69, 9.17) is 21.1 Å². The normalized spacial score (nSPS) is 18.3. The van der Waals surface area contributed by atoms with Crippen LogP contribution in [0.25, 0.3) is 0 Å². The molecule has 1 unspecified atom stereocenters. The van der Waals surface area contributed by atoms with Crippen molar-refractivity contribution >= 4 is 39.6 Å². The number of hydrogen-bond donors (Lipinski definition) is 5. The number of ether oxygens (including phenoxy) is 2. The van der Waals surface area contributed by atoms with Gasteiger partial charge in [0.25, 0.3) is 10.1 Å². The predicted octanol–water partition coefficient (Wildman–Crippen LogP) is 1.86. The first-order valence-electron chi connectivity index (χ1n) is 12.2. The van der Waals surface area contributed by atoms with Gasteiger partial charge in [0.1, 0.15) is 24.0 Å². The fraction of sp³-hybridized carbons (Fsp3) is 0.625. The summed E-state index contributed by atoms with van der Waals surface area (Å²) >= 11 is 5.97. The van der Waals surface area contributed by atoms with E-state index in [0.717, 1.165) is 0 Å². The van der Waals surface area contributed by atoms with E-state index >= 15 is 0 Å². The molecule has 2 rings (SSSR count). The molecular formula is C24H36ClN3O9S. The Balaban J connectivity index is 2.06. The van der Waals surface area contributed by atoms with E-state index in [0.29, 0.717) is 23.7 Å². The van der Waals surface area contributed by atoms with Gasteiger partial charge in [-0.25, -0.2) is 4.79 Å². The molecule has 214 valence electrons. The number of rotatable bonds is 13. The Labute approximate surface area is 227 Å². The monoisotopic (exact) mass is 577 g/mol. The molecule has 1 saturated heterocycles. The van der Waals surface area contributed by atoms with Gasteiger partial charge in [-0.2, -0.15) is 8.42 Å². The van der Waals surface area contributed by atoms with Crippen LogP contribution in [0.5, 0.6) is 5.75 Å². The molecule has 1 aromatic carbocycles. The molecule has 0 aliphatic carbocycles. The Morgan fingerprint density at radius 1 is 1.26 bits per heavy atom. The van der Waals surface area contributed by atoms with Crippen molar-refractivity contribution in [3.8, 4) is 5.75 Å². The topological polar surface area (TPSA) is 180 Å². The molecule has 1 fully saturated rings. The van der Waals surface area contributed by atoms with E-state index in [-0.39, 0.29) is 31.3 Å². The summed E-state index contributed by atoms with van der Waals surface area (Å²) in [6, 6.07) is 4.05. The molecule has 1 heterocycles. The molecule has 0 bridgehead atoms. The average Bonchev–Trinajstić information content (AvgIpc) is 3.19. The van der Waals surface area contributed by atoms with Crippen molar-refractivity contribution < 1.29 is 41.9 Å². The fourth-order valence-corrected chi connectivity index (χ4v) is 4.69. The highest BCUT2D eigenvalue weighted by atomic mass is 35.5. The molecule has 0 aromatic heterocycles. The Morgan fingerprint density at radius 3 is 2.50 bits per heavy atom. The summed E-state index contributed by atoms with van der Waals surface area (Å²) in [5, 5.41) is 18.1. The molecule has 14 heteroatoms. The Hall–Kier alpha value is -2.61. The lowest BCUT2D eigenvalue weighted by Crippen LogP contribution is -2.55. The van der Waals surface area contributed by atoms with Gasteiger partial charge in [-0.3, -0.25) is 14.1 Å². The smallest absolute Gasteiger partial charge is 0.407 e. The van der Waals surface area contributed by atoms with Crippen LogP contribution in [0.15, 0.2) is 24.3 Å².